The Morgan fingerprint density at radius 2 is 2.00 bits per heavy atom. The lowest BCUT2D eigenvalue weighted by molar-refractivity contribution is -0.139. The van der Waals surface area contributed by atoms with E-state index in [2.05, 4.69) is 4.98 Å². The summed E-state index contributed by atoms with van der Waals surface area (Å²) >= 11 is 6.74. The van der Waals surface area contributed by atoms with E-state index < -0.39 is 18.3 Å². The van der Waals surface area contributed by atoms with Crippen molar-refractivity contribution in [2.24, 2.45) is 0 Å². The van der Waals surface area contributed by atoms with Gasteiger partial charge in [0.2, 0.25) is 0 Å². The first-order valence-corrected chi connectivity index (χ1v) is 6.70. The van der Waals surface area contributed by atoms with Gasteiger partial charge in [-0.3, -0.25) is 0 Å². The number of rotatable bonds is 3. The van der Waals surface area contributed by atoms with E-state index >= 15 is 0 Å². The first kappa shape index (κ1) is 15.2. The van der Waals surface area contributed by atoms with Crippen LogP contribution >= 0.6 is 23.4 Å². The Balaban J connectivity index is 2.44. The zero-order chi connectivity index (χ0) is 14.8. The van der Waals surface area contributed by atoms with Gasteiger partial charge in [0.15, 0.2) is 0 Å². The second-order valence-corrected chi connectivity index (χ2v) is 5.32. The van der Waals surface area contributed by atoms with E-state index in [1.807, 2.05) is 0 Å². The molecule has 0 saturated heterocycles. The van der Waals surface area contributed by atoms with Gasteiger partial charge in [0.1, 0.15) is 5.03 Å². The van der Waals surface area contributed by atoms with Gasteiger partial charge in [-0.05, 0) is 29.8 Å². The first-order valence-electron chi connectivity index (χ1n) is 5.51. The summed E-state index contributed by atoms with van der Waals surface area (Å²) in [6, 6.07) is 6.84. The van der Waals surface area contributed by atoms with Gasteiger partial charge in [0.25, 0.3) is 0 Å². The van der Waals surface area contributed by atoms with Crippen LogP contribution in [0.4, 0.5) is 13.2 Å². The average Bonchev–Trinajstić information content (AvgIpc) is 2.40. The molecule has 0 atom stereocenters. The molecule has 0 radical (unpaired) electrons. The third kappa shape index (κ3) is 3.45. The van der Waals surface area contributed by atoms with Crippen LogP contribution in [0.25, 0.3) is 0 Å². The number of alkyl halides is 3. The summed E-state index contributed by atoms with van der Waals surface area (Å²) in [5.74, 6) is 0. The predicted octanol–water partition coefficient (Wildman–Crippen LogP) is 4.40. The molecule has 2 aromatic rings. The minimum Gasteiger partial charge on any atom is -0.392 e. The highest BCUT2D eigenvalue weighted by molar-refractivity contribution is 7.99. The number of hydrogen-bond acceptors (Lipinski definition) is 3. The summed E-state index contributed by atoms with van der Waals surface area (Å²) < 4.78 is 39.1. The van der Waals surface area contributed by atoms with Gasteiger partial charge < -0.3 is 5.11 Å². The van der Waals surface area contributed by atoms with E-state index in [0.717, 1.165) is 17.8 Å². The molecule has 1 N–H and O–H groups in total. The molecule has 0 saturated carbocycles. The van der Waals surface area contributed by atoms with Crippen molar-refractivity contribution in [1.29, 1.82) is 0 Å². The fourth-order valence-electron chi connectivity index (χ4n) is 1.54. The lowest BCUT2D eigenvalue weighted by atomic mass is 10.1. The van der Waals surface area contributed by atoms with Crippen LogP contribution in [0, 0.1) is 0 Å². The van der Waals surface area contributed by atoms with Crippen LogP contribution in [0.15, 0.2) is 46.5 Å². The van der Waals surface area contributed by atoms with E-state index in [9.17, 15) is 13.2 Å². The molecule has 0 aliphatic heterocycles. The Labute approximate surface area is 122 Å². The topological polar surface area (TPSA) is 33.1 Å². The van der Waals surface area contributed by atoms with E-state index in [1.54, 1.807) is 12.1 Å². The molecule has 0 spiro atoms. The Hall–Kier alpha value is -1.24. The van der Waals surface area contributed by atoms with E-state index in [0.29, 0.717) is 5.03 Å². The molecule has 1 aromatic heterocycles. The summed E-state index contributed by atoms with van der Waals surface area (Å²) in [6.45, 7) is -0.446. The van der Waals surface area contributed by atoms with Crippen LogP contribution in [-0.4, -0.2) is 10.1 Å². The fraction of sp³-hybridized carbons (Fsp3) is 0.154. The summed E-state index contributed by atoms with van der Waals surface area (Å²) in [6.07, 6.45) is -3.04. The number of pyridine rings is 1. The summed E-state index contributed by atoms with van der Waals surface area (Å²) in [4.78, 5) is 3.95. The van der Waals surface area contributed by atoms with Crippen molar-refractivity contribution >= 4 is 23.4 Å². The van der Waals surface area contributed by atoms with Crippen molar-refractivity contribution in [3.63, 3.8) is 0 Å². The largest absolute Gasteiger partial charge is 0.417 e. The molecular formula is C13H9ClF3NOS. The van der Waals surface area contributed by atoms with Crippen molar-refractivity contribution in [2.45, 2.75) is 22.7 Å². The molecule has 2 nitrogen and oxygen atoms in total. The third-order valence-electron chi connectivity index (χ3n) is 2.46. The number of aliphatic hydroxyl groups is 1. The predicted molar refractivity (Wildman–Crippen MR) is 70.7 cm³/mol. The number of nitrogens with zero attached hydrogens (tertiary/aromatic N) is 1. The van der Waals surface area contributed by atoms with Gasteiger partial charge in [-0.1, -0.05) is 29.4 Å². The molecule has 1 aromatic carbocycles. The molecule has 2 rings (SSSR count). The summed E-state index contributed by atoms with van der Waals surface area (Å²) in [5.41, 5.74) is -0.607. The van der Waals surface area contributed by atoms with E-state index in [-0.39, 0.29) is 15.5 Å². The van der Waals surface area contributed by atoms with Gasteiger partial charge in [0.05, 0.1) is 17.2 Å². The van der Waals surface area contributed by atoms with Crippen LogP contribution in [0.5, 0.6) is 0 Å². The minimum absolute atomic E-state index is 0.00435. The molecule has 0 fully saturated rings. The second-order valence-electron chi connectivity index (χ2n) is 3.88. The van der Waals surface area contributed by atoms with Gasteiger partial charge in [-0.15, -0.1) is 0 Å². The van der Waals surface area contributed by atoms with Gasteiger partial charge in [0, 0.05) is 11.1 Å². The Morgan fingerprint density at radius 3 is 2.60 bits per heavy atom. The zero-order valence-corrected chi connectivity index (χ0v) is 11.6. The molecular weight excluding hydrogens is 311 g/mol. The summed E-state index contributed by atoms with van der Waals surface area (Å²) in [7, 11) is 0. The van der Waals surface area contributed by atoms with Crippen LogP contribution in [0.2, 0.25) is 5.02 Å². The van der Waals surface area contributed by atoms with E-state index in [4.69, 9.17) is 16.7 Å². The van der Waals surface area contributed by atoms with Crippen LogP contribution in [0.3, 0.4) is 0 Å². The van der Waals surface area contributed by atoms with Crippen molar-refractivity contribution in [3.05, 3.63) is 52.7 Å². The lowest BCUT2D eigenvalue weighted by Crippen LogP contribution is -2.07. The zero-order valence-electron chi connectivity index (χ0n) is 9.99. The van der Waals surface area contributed by atoms with Crippen molar-refractivity contribution in [3.8, 4) is 0 Å². The van der Waals surface area contributed by atoms with Gasteiger partial charge in [-0.25, -0.2) is 4.98 Å². The SMILES string of the molecule is OCc1ccc(Sc2ncccc2Cl)c(C(F)(F)F)c1. The number of halogens is 4. The molecule has 1 heterocycles. The minimum atomic E-state index is -4.51. The standard InChI is InChI=1S/C13H9ClF3NOS/c14-10-2-1-5-18-12(10)20-11-4-3-8(7-19)6-9(11)13(15,16)17/h1-6,19H,7H2. The van der Waals surface area contributed by atoms with Gasteiger partial charge in [-0.2, -0.15) is 13.2 Å². The molecule has 0 bridgehead atoms. The second kappa shape index (κ2) is 6.03. The normalized spacial score (nSPS) is 11.7. The van der Waals surface area contributed by atoms with Crippen LogP contribution < -0.4 is 0 Å². The third-order valence-corrected chi connectivity index (χ3v) is 3.97. The Kier molecular flexibility index (Phi) is 4.57. The molecule has 106 valence electrons. The molecule has 0 aliphatic rings. The molecule has 20 heavy (non-hydrogen) atoms. The highest BCUT2D eigenvalue weighted by Gasteiger charge is 2.34. The quantitative estimate of drug-likeness (QED) is 0.910. The molecule has 0 amide bonds. The number of aromatic nitrogens is 1. The van der Waals surface area contributed by atoms with Gasteiger partial charge >= 0.3 is 6.18 Å². The van der Waals surface area contributed by atoms with Crippen LogP contribution in [0.1, 0.15) is 11.1 Å². The number of benzene rings is 1. The first-order chi connectivity index (χ1) is 9.41. The van der Waals surface area contributed by atoms with Crippen molar-refractivity contribution < 1.29 is 18.3 Å². The molecule has 0 unspecified atom stereocenters. The fourth-order valence-corrected chi connectivity index (χ4v) is 2.68. The van der Waals surface area contributed by atoms with E-state index in [1.165, 1.54) is 18.3 Å². The maximum Gasteiger partial charge on any atom is 0.417 e. The smallest absolute Gasteiger partial charge is 0.392 e. The average molecular weight is 320 g/mol. The van der Waals surface area contributed by atoms with Crippen molar-refractivity contribution in [2.75, 3.05) is 0 Å². The molecule has 0 aliphatic carbocycles. The molecule has 7 heteroatoms. The maximum atomic E-state index is 13.0. The Morgan fingerprint density at radius 1 is 1.25 bits per heavy atom. The summed E-state index contributed by atoms with van der Waals surface area (Å²) in [5, 5.41) is 9.54. The highest BCUT2D eigenvalue weighted by atomic mass is 35.5. The monoisotopic (exact) mass is 319 g/mol. The number of aliphatic hydroxyl groups excluding tert-OH is 1. The van der Waals surface area contributed by atoms with Crippen LogP contribution in [-0.2, 0) is 12.8 Å². The Bertz CT molecular complexity index is 619. The highest BCUT2D eigenvalue weighted by Crippen LogP contribution is 2.41. The lowest BCUT2D eigenvalue weighted by Gasteiger charge is -2.13. The number of hydrogen-bond donors (Lipinski definition) is 1. The maximum absolute atomic E-state index is 13.0. The van der Waals surface area contributed by atoms with Crippen molar-refractivity contribution in [1.82, 2.24) is 4.98 Å².